The Morgan fingerprint density at radius 2 is 1.29 bits per heavy atom. The molecule has 5 aromatic carbocycles. The van der Waals surface area contributed by atoms with E-state index in [4.69, 9.17) is 14.6 Å². The Hall–Kier alpha value is -5.12. The maximum atomic E-state index is 12.1. The van der Waals surface area contributed by atoms with Crippen molar-refractivity contribution in [1.29, 1.82) is 0 Å². The number of rotatable bonds is 15. The van der Waals surface area contributed by atoms with Crippen LogP contribution < -0.4 is 5.32 Å². The summed E-state index contributed by atoms with van der Waals surface area (Å²) in [5, 5.41) is 21.4. The first-order valence-corrected chi connectivity index (χ1v) is 17.8. The van der Waals surface area contributed by atoms with Gasteiger partial charge >= 0.3 is 5.97 Å². The molecule has 1 aliphatic rings. The van der Waals surface area contributed by atoms with Gasteiger partial charge in [-0.15, -0.1) is 0 Å². The molecular formula is C44H46N2O6. The Bertz CT molecular complexity index is 1860. The fourth-order valence-corrected chi connectivity index (χ4v) is 6.69. The lowest BCUT2D eigenvalue weighted by Crippen LogP contribution is -2.44. The summed E-state index contributed by atoms with van der Waals surface area (Å²) in [5.74, 6) is -1.26. The Balaban J connectivity index is 1.26. The van der Waals surface area contributed by atoms with Crippen molar-refractivity contribution < 1.29 is 29.3 Å². The van der Waals surface area contributed by atoms with Crippen molar-refractivity contribution in [1.82, 2.24) is 10.2 Å². The van der Waals surface area contributed by atoms with Gasteiger partial charge in [-0.1, -0.05) is 128 Å². The maximum absolute atomic E-state index is 12.1. The molecule has 52 heavy (non-hydrogen) atoms. The highest BCUT2D eigenvalue weighted by Gasteiger charge is 2.39. The molecule has 0 bridgehead atoms. The highest BCUT2D eigenvalue weighted by Crippen LogP contribution is 2.42. The van der Waals surface area contributed by atoms with Crippen LogP contribution in [0.2, 0.25) is 0 Å². The summed E-state index contributed by atoms with van der Waals surface area (Å²) in [7, 11) is 0. The number of carbonyl (C=O) groups is 2. The molecule has 0 aromatic heterocycles. The van der Waals surface area contributed by atoms with Gasteiger partial charge in [-0.05, 0) is 51.1 Å². The number of hydrogen-bond acceptors (Lipinski definition) is 6. The average molecular weight is 699 g/mol. The minimum atomic E-state index is -0.994. The quantitative estimate of drug-likeness (QED) is 0.102. The topological polar surface area (TPSA) is 108 Å². The minimum Gasteiger partial charge on any atom is -0.481 e. The second-order valence-corrected chi connectivity index (χ2v) is 13.5. The highest BCUT2D eigenvalue weighted by molar-refractivity contribution is 5.80. The van der Waals surface area contributed by atoms with E-state index in [-0.39, 0.29) is 43.5 Å². The van der Waals surface area contributed by atoms with Gasteiger partial charge in [0.05, 0.1) is 25.2 Å². The van der Waals surface area contributed by atoms with Gasteiger partial charge in [-0.2, -0.15) is 0 Å². The average Bonchev–Trinajstić information content (AvgIpc) is 3.18. The highest BCUT2D eigenvalue weighted by atomic mass is 16.7. The van der Waals surface area contributed by atoms with Crippen LogP contribution in [0.1, 0.15) is 65.5 Å². The van der Waals surface area contributed by atoms with Crippen molar-refractivity contribution in [2.24, 2.45) is 5.92 Å². The van der Waals surface area contributed by atoms with Crippen molar-refractivity contribution in [3.05, 3.63) is 167 Å². The molecule has 8 nitrogen and oxygen atoms in total. The first kappa shape index (κ1) is 36.7. The van der Waals surface area contributed by atoms with Crippen LogP contribution in [0.15, 0.2) is 133 Å². The number of aliphatic carboxylic acids is 1. The molecule has 0 spiro atoms. The Morgan fingerprint density at radius 1 is 0.673 bits per heavy atom. The number of carbonyl (C=O) groups excluding carboxylic acids is 1. The number of carboxylic acids is 1. The van der Waals surface area contributed by atoms with Crippen molar-refractivity contribution in [3.63, 3.8) is 0 Å². The van der Waals surface area contributed by atoms with Gasteiger partial charge in [-0.25, -0.2) is 0 Å². The van der Waals surface area contributed by atoms with Gasteiger partial charge in [0.25, 0.3) is 0 Å². The van der Waals surface area contributed by atoms with E-state index in [2.05, 4.69) is 71.7 Å². The van der Waals surface area contributed by atoms with Crippen molar-refractivity contribution in [2.75, 3.05) is 6.54 Å². The molecule has 1 aliphatic heterocycles. The lowest BCUT2D eigenvalue weighted by molar-refractivity contribution is -0.276. The largest absolute Gasteiger partial charge is 0.481 e. The van der Waals surface area contributed by atoms with Crippen LogP contribution in [-0.2, 0) is 45.3 Å². The Morgan fingerprint density at radius 3 is 1.92 bits per heavy atom. The number of ether oxygens (including phenoxy) is 2. The van der Waals surface area contributed by atoms with E-state index in [1.54, 1.807) is 0 Å². The Labute approximate surface area is 305 Å². The molecule has 0 saturated carbocycles. The monoisotopic (exact) mass is 698 g/mol. The van der Waals surface area contributed by atoms with Crippen molar-refractivity contribution in [2.45, 2.75) is 64.5 Å². The van der Waals surface area contributed by atoms with Gasteiger partial charge in [0.1, 0.15) is 0 Å². The summed E-state index contributed by atoms with van der Waals surface area (Å²) in [6, 6.07) is 45.1. The van der Waals surface area contributed by atoms with Crippen LogP contribution >= 0.6 is 0 Å². The van der Waals surface area contributed by atoms with E-state index in [1.165, 1.54) is 11.1 Å². The fourth-order valence-electron chi connectivity index (χ4n) is 6.69. The molecule has 8 heteroatoms. The predicted molar refractivity (Wildman–Crippen MR) is 201 cm³/mol. The third-order valence-electron chi connectivity index (χ3n) is 9.53. The molecule has 6 rings (SSSR count). The lowest BCUT2D eigenvalue weighted by Gasteiger charge is -2.43. The molecule has 4 unspecified atom stereocenters. The minimum absolute atomic E-state index is 0.0191. The molecular weight excluding hydrogens is 652 g/mol. The van der Waals surface area contributed by atoms with Gasteiger partial charge in [0.15, 0.2) is 6.29 Å². The van der Waals surface area contributed by atoms with E-state index in [0.717, 1.165) is 46.5 Å². The molecule has 4 atom stereocenters. The van der Waals surface area contributed by atoms with E-state index in [0.29, 0.717) is 13.1 Å². The number of hydrogen-bond donors (Lipinski definition) is 3. The molecule has 1 saturated heterocycles. The van der Waals surface area contributed by atoms with Gasteiger partial charge in [0.2, 0.25) is 5.91 Å². The second kappa shape index (κ2) is 17.9. The third-order valence-corrected chi connectivity index (χ3v) is 9.53. The number of amides is 1. The summed E-state index contributed by atoms with van der Waals surface area (Å²) < 4.78 is 13.7. The van der Waals surface area contributed by atoms with Crippen LogP contribution in [0.5, 0.6) is 0 Å². The van der Waals surface area contributed by atoms with Crippen LogP contribution in [0.4, 0.5) is 0 Å². The molecule has 0 radical (unpaired) electrons. The fraction of sp³-hybridized carbons (Fsp3) is 0.273. The first-order chi connectivity index (χ1) is 25.3. The number of nitrogens with one attached hydrogen (secondary N) is 1. The molecule has 0 aliphatic carbocycles. The third kappa shape index (κ3) is 10.0. The standard InChI is InChI=1S/C44H46N2O6/c1-31-40(29-46(27-32-10-4-2-5-11-32)28-33-12-6-3-7-13-33)51-44(52-43(31)36-20-18-34(30-47)19-21-36)39-17-9-16-38(25-39)37-15-8-14-35(24-37)26-45-41(48)22-23-42(49)50/h2-21,24-25,31,40,43-44,47H,22-23,26-30H2,1H3,(H,45,48)(H,49,50). The van der Waals surface area contributed by atoms with Crippen LogP contribution in [0, 0.1) is 5.92 Å². The van der Waals surface area contributed by atoms with Crippen LogP contribution in [0.25, 0.3) is 11.1 Å². The van der Waals surface area contributed by atoms with E-state index >= 15 is 0 Å². The Kier molecular flexibility index (Phi) is 12.6. The van der Waals surface area contributed by atoms with Gasteiger partial charge < -0.3 is 25.0 Å². The second-order valence-electron chi connectivity index (χ2n) is 13.5. The molecule has 1 fully saturated rings. The van der Waals surface area contributed by atoms with E-state index in [9.17, 15) is 14.7 Å². The zero-order valence-electron chi connectivity index (χ0n) is 29.4. The molecule has 3 N–H and O–H groups in total. The smallest absolute Gasteiger partial charge is 0.303 e. The normalized spacial score (nSPS) is 18.6. The number of nitrogens with zero attached hydrogens (tertiary/aromatic N) is 1. The van der Waals surface area contributed by atoms with Gasteiger partial charge in [0, 0.05) is 44.1 Å². The predicted octanol–water partition coefficient (Wildman–Crippen LogP) is 7.82. The number of aliphatic hydroxyl groups is 1. The number of carboxylic acid groups (broad SMARTS) is 1. The van der Waals surface area contributed by atoms with E-state index in [1.807, 2.05) is 78.9 Å². The first-order valence-electron chi connectivity index (χ1n) is 17.8. The molecule has 5 aromatic rings. The van der Waals surface area contributed by atoms with Crippen LogP contribution in [0.3, 0.4) is 0 Å². The number of benzene rings is 5. The summed E-state index contributed by atoms with van der Waals surface area (Å²) >= 11 is 0. The zero-order valence-corrected chi connectivity index (χ0v) is 29.4. The molecule has 268 valence electrons. The zero-order chi connectivity index (χ0) is 36.3. The van der Waals surface area contributed by atoms with Crippen molar-refractivity contribution in [3.8, 4) is 11.1 Å². The summed E-state index contributed by atoms with van der Waals surface area (Å²) in [6.45, 7) is 4.71. The SMILES string of the molecule is CC1C(CN(Cc2ccccc2)Cc2ccccc2)OC(c2cccc(-c3cccc(CNC(=O)CCC(=O)O)c3)c2)OC1c1ccc(CO)cc1. The van der Waals surface area contributed by atoms with Gasteiger partial charge in [-0.3, -0.25) is 14.5 Å². The maximum Gasteiger partial charge on any atom is 0.303 e. The molecule has 1 heterocycles. The van der Waals surface area contributed by atoms with E-state index < -0.39 is 12.3 Å². The number of aliphatic hydroxyl groups excluding tert-OH is 1. The van der Waals surface area contributed by atoms with Crippen molar-refractivity contribution >= 4 is 11.9 Å². The lowest BCUT2D eigenvalue weighted by atomic mass is 9.89. The summed E-state index contributed by atoms with van der Waals surface area (Å²) in [5.41, 5.74) is 8.13. The molecule has 1 amide bonds. The summed E-state index contributed by atoms with van der Waals surface area (Å²) in [4.78, 5) is 25.4. The van der Waals surface area contributed by atoms with Crippen LogP contribution in [-0.4, -0.2) is 39.6 Å². The summed E-state index contributed by atoms with van der Waals surface area (Å²) in [6.07, 6.45) is -1.29.